The number of amides is 1. The van der Waals surface area contributed by atoms with Crippen LogP contribution in [0.4, 0.5) is 10.1 Å². The molecule has 0 radical (unpaired) electrons. The van der Waals surface area contributed by atoms with E-state index in [4.69, 9.17) is 10.5 Å². The molecular formula is C15H21FN2O2. The zero-order chi connectivity index (χ0) is 14.5. The fourth-order valence-corrected chi connectivity index (χ4v) is 2.75. The van der Waals surface area contributed by atoms with Crippen LogP contribution in [0.1, 0.15) is 26.2 Å². The Labute approximate surface area is 118 Å². The topological polar surface area (TPSA) is 64.3 Å². The standard InChI is InChI=1S/C15H21FN2O2/c1-2-20-14-7-6-11(8-13(14)16)18-15(19)12-5-3-4-10(12)9-17/h6-8,10,12H,2-5,9,17H2,1H3,(H,18,19)/t10-,12-/m1/s1. The minimum Gasteiger partial charge on any atom is -0.491 e. The van der Waals surface area contributed by atoms with Gasteiger partial charge >= 0.3 is 0 Å². The van der Waals surface area contributed by atoms with Gasteiger partial charge in [0.1, 0.15) is 0 Å². The van der Waals surface area contributed by atoms with Gasteiger partial charge in [0, 0.05) is 17.7 Å². The van der Waals surface area contributed by atoms with Gasteiger partial charge in [0.25, 0.3) is 0 Å². The number of halogens is 1. The Morgan fingerprint density at radius 3 is 2.95 bits per heavy atom. The van der Waals surface area contributed by atoms with Crippen LogP contribution in [0, 0.1) is 17.7 Å². The summed E-state index contributed by atoms with van der Waals surface area (Å²) in [5, 5.41) is 2.77. The zero-order valence-corrected chi connectivity index (χ0v) is 11.7. The molecule has 0 unspecified atom stereocenters. The lowest BCUT2D eigenvalue weighted by atomic mass is 9.95. The highest BCUT2D eigenvalue weighted by atomic mass is 19.1. The predicted molar refractivity (Wildman–Crippen MR) is 76.1 cm³/mol. The summed E-state index contributed by atoms with van der Waals surface area (Å²) < 4.78 is 18.8. The van der Waals surface area contributed by atoms with Gasteiger partial charge in [-0.3, -0.25) is 4.79 Å². The first kappa shape index (κ1) is 14.8. The molecule has 110 valence electrons. The summed E-state index contributed by atoms with van der Waals surface area (Å²) in [7, 11) is 0. The van der Waals surface area contributed by atoms with Crippen molar-refractivity contribution in [3.8, 4) is 5.75 Å². The Balaban J connectivity index is 2.02. The van der Waals surface area contributed by atoms with E-state index in [1.807, 2.05) is 0 Å². The van der Waals surface area contributed by atoms with Gasteiger partial charge in [-0.1, -0.05) is 6.42 Å². The SMILES string of the molecule is CCOc1ccc(NC(=O)[C@@H]2CCC[C@@H]2CN)cc1F. The van der Waals surface area contributed by atoms with Gasteiger partial charge in [-0.15, -0.1) is 0 Å². The van der Waals surface area contributed by atoms with Crippen molar-refractivity contribution in [2.75, 3.05) is 18.5 Å². The van der Waals surface area contributed by atoms with Gasteiger partial charge in [-0.05, 0) is 44.4 Å². The van der Waals surface area contributed by atoms with Gasteiger partial charge in [0.15, 0.2) is 11.6 Å². The highest BCUT2D eigenvalue weighted by Crippen LogP contribution is 2.32. The maximum atomic E-state index is 13.7. The molecule has 20 heavy (non-hydrogen) atoms. The number of benzene rings is 1. The number of nitrogens with two attached hydrogens (primary N) is 1. The lowest BCUT2D eigenvalue weighted by Crippen LogP contribution is -2.29. The Bertz CT molecular complexity index is 479. The number of carbonyl (C=O) groups excluding carboxylic acids is 1. The monoisotopic (exact) mass is 280 g/mol. The van der Waals surface area contributed by atoms with Crippen LogP contribution in [-0.4, -0.2) is 19.1 Å². The second-order valence-corrected chi connectivity index (χ2v) is 5.10. The number of anilines is 1. The molecule has 4 nitrogen and oxygen atoms in total. The van der Waals surface area contributed by atoms with Gasteiger partial charge < -0.3 is 15.8 Å². The van der Waals surface area contributed by atoms with Crippen LogP contribution in [-0.2, 0) is 4.79 Å². The third-order valence-electron chi connectivity index (χ3n) is 3.80. The van der Waals surface area contributed by atoms with Crippen molar-refractivity contribution in [2.24, 2.45) is 17.6 Å². The summed E-state index contributed by atoms with van der Waals surface area (Å²) >= 11 is 0. The molecule has 1 aliphatic rings. The molecule has 1 saturated carbocycles. The van der Waals surface area contributed by atoms with Crippen molar-refractivity contribution in [3.63, 3.8) is 0 Å². The number of carbonyl (C=O) groups is 1. The normalized spacial score (nSPS) is 21.8. The van der Waals surface area contributed by atoms with Crippen molar-refractivity contribution in [1.82, 2.24) is 0 Å². The average Bonchev–Trinajstić information content (AvgIpc) is 2.90. The molecule has 2 atom stereocenters. The molecule has 1 aromatic carbocycles. The van der Waals surface area contributed by atoms with Crippen molar-refractivity contribution in [2.45, 2.75) is 26.2 Å². The van der Waals surface area contributed by atoms with Gasteiger partial charge in [0.05, 0.1) is 6.61 Å². The molecule has 5 heteroatoms. The largest absolute Gasteiger partial charge is 0.491 e. The molecule has 1 amide bonds. The summed E-state index contributed by atoms with van der Waals surface area (Å²) in [6.07, 6.45) is 2.87. The molecule has 0 saturated heterocycles. The van der Waals surface area contributed by atoms with E-state index in [0.29, 0.717) is 18.8 Å². The predicted octanol–water partition coefficient (Wildman–Crippen LogP) is 2.54. The Morgan fingerprint density at radius 1 is 1.50 bits per heavy atom. The molecule has 3 N–H and O–H groups in total. The fraction of sp³-hybridized carbons (Fsp3) is 0.533. The van der Waals surface area contributed by atoms with E-state index in [2.05, 4.69) is 5.32 Å². The van der Waals surface area contributed by atoms with Crippen LogP contribution in [0.25, 0.3) is 0 Å². The molecule has 1 aliphatic carbocycles. The van der Waals surface area contributed by atoms with E-state index in [9.17, 15) is 9.18 Å². The Hall–Kier alpha value is -1.62. The minimum absolute atomic E-state index is 0.0605. The molecular weight excluding hydrogens is 259 g/mol. The second kappa shape index (κ2) is 6.70. The lowest BCUT2D eigenvalue weighted by molar-refractivity contribution is -0.120. The van der Waals surface area contributed by atoms with E-state index >= 15 is 0 Å². The summed E-state index contributed by atoms with van der Waals surface area (Å²) in [5.74, 6) is -0.156. The van der Waals surface area contributed by atoms with Crippen LogP contribution in [0.5, 0.6) is 5.75 Å². The van der Waals surface area contributed by atoms with Crippen LogP contribution in [0.2, 0.25) is 0 Å². The fourth-order valence-electron chi connectivity index (χ4n) is 2.75. The van der Waals surface area contributed by atoms with E-state index < -0.39 is 5.82 Å². The molecule has 0 aliphatic heterocycles. The molecule has 2 rings (SSSR count). The first-order valence-electron chi connectivity index (χ1n) is 7.09. The lowest BCUT2D eigenvalue weighted by Gasteiger charge is -2.17. The van der Waals surface area contributed by atoms with Gasteiger partial charge in [0.2, 0.25) is 5.91 Å². The highest BCUT2D eigenvalue weighted by Gasteiger charge is 2.31. The minimum atomic E-state index is -0.466. The average molecular weight is 280 g/mol. The van der Waals surface area contributed by atoms with Crippen molar-refractivity contribution >= 4 is 11.6 Å². The quantitative estimate of drug-likeness (QED) is 0.871. The third-order valence-corrected chi connectivity index (χ3v) is 3.80. The van der Waals surface area contributed by atoms with Crippen molar-refractivity contribution < 1.29 is 13.9 Å². The zero-order valence-electron chi connectivity index (χ0n) is 11.7. The van der Waals surface area contributed by atoms with Crippen LogP contribution < -0.4 is 15.8 Å². The maximum Gasteiger partial charge on any atom is 0.227 e. The summed E-state index contributed by atoms with van der Waals surface area (Å²) in [6, 6.07) is 4.47. The van der Waals surface area contributed by atoms with Gasteiger partial charge in [-0.25, -0.2) is 4.39 Å². The van der Waals surface area contributed by atoms with Gasteiger partial charge in [-0.2, -0.15) is 0 Å². The summed E-state index contributed by atoms with van der Waals surface area (Å²) in [6.45, 7) is 2.72. The van der Waals surface area contributed by atoms with Crippen molar-refractivity contribution in [3.05, 3.63) is 24.0 Å². The molecule has 0 heterocycles. The number of rotatable bonds is 5. The Kier molecular flexibility index (Phi) is 4.95. The number of hydrogen-bond donors (Lipinski definition) is 2. The Morgan fingerprint density at radius 2 is 2.30 bits per heavy atom. The smallest absolute Gasteiger partial charge is 0.227 e. The molecule has 0 spiro atoms. The van der Waals surface area contributed by atoms with E-state index in [-0.39, 0.29) is 23.5 Å². The highest BCUT2D eigenvalue weighted by molar-refractivity contribution is 5.93. The molecule has 0 aromatic heterocycles. The maximum absolute atomic E-state index is 13.7. The summed E-state index contributed by atoms with van der Waals surface area (Å²) in [4.78, 5) is 12.2. The van der Waals surface area contributed by atoms with E-state index in [1.54, 1.807) is 13.0 Å². The van der Waals surface area contributed by atoms with E-state index in [0.717, 1.165) is 19.3 Å². The molecule has 0 bridgehead atoms. The molecule has 1 fully saturated rings. The second-order valence-electron chi connectivity index (χ2n) is 5.10. The summed E-state index contributed by atoms with van der Waals surface area (Å²) in [5.41, 5.74) is 6.13. The third kappa shape index (κ3) is 3.28. The van der Waals surface area contributed by atoms with Crippen molar-refractivity contribution in [1.29, 1.82) is 0 Å². The van der Waals surface area contributed by atoms with Crippen LogP contribution >= 0.6 is 0 Å². The number of nitrogens with one attached hydrogen (secondary N) is 1. The number of hydrogen-bond acceptors (Lipinski definition) is 3. The number of ether oxygens (including phenoxy) is 1. The molecule has 1 aromatic rings. The van der Waals surface area contributed by atoms with E-state index in [1.165, 1.54) is 12.1 Å². The van der Waals surface area contributed by atoms with Crippen LogP contribution in [0.3, 0.4) is 0 Å². The first-order valence-corrected chi connectivity index (χ1v) is 7.09. The first-order chi connectivity index (χ1) is 9.65. The van der Waals surface area contributed by atoms with Crippen LogP contribution in [0.15, 0.2) is 18.2 Å².